The van der Waals surface area contributed by atoms with Crippen molar-refractivity contribution in [2.75, 3.05) is 57.4 Å². The van der Waals surface area contributed by atoms with Crippen molar-refractivity contribution in [1.29, 1.82) is 5.26 Å². The van der Waals surface area contributed by atoms with Crippen LogP contribution in [-0.2, 0) is 4.84 Å². The molecule has 2 saturated carbocycles. The number of anilines is 1. The van der Waals surface area contributed by atoms with E-state index in [1.165, 1.54) is 32.1 Å². The minimum absolute atomic E-state index is 0.548. The van der Waals surface area contributed by atoms with Gasteiger partial charge in [-0.25, -0.2) is 15.0 Å². The average Bonchev–Trinajstić information content (AvgIpc) is 3.37. The summed E-state index contributed by atoms with van der Waals surface area (Å²) in [6.45, 7) is 7.93. The van der Waals surface area contributed by atoms with Gasteiger partial charge in [-0.05, 0) is 87.1 Å². The van der Waals surface area contributed by atoms with Crippen LogP contribution in [0.25, 0.3) is 16.6 Å². The lowest BCUT2D eigenvalue weighted by Crippen LogP contribution is -2.62. The number of nitrogens with one attached hydrogen (secondary N) is 2. The fourth-order valence-corrected chi connectivity index (χ4v) is 7.77. The summed E-state index contributed by atoms with van der Waals surface area (Å²) in [4.78, 5) is 15.6. The Morgan fingerprint density at radius 2 is 1.88 bits per heavy atom. The molecule has 0 aromatic carbocycles. The molecule has 7 heterocycles. The zero-order chi connectivity index (χ0) is 28.0. The van der Waals surface area contributed by atoms with Gasteiger partial charge in [-0.3, -0.25) is 4.90 Å². The van der Waals surface area contributed by atoms with E-state index in [-0.39, 0.29) is 0 Å². The molecule has 0 radical (unpaired) electrons. The molecule has 0 amide bonds. The Hall–Kier alpha value is -3.23. The average molecular weight is 569 g/mol. The van der Waals surface area contributed by atoms with Gasteiger partial charge >= 0.3 is 0 Å². The minimum atomic E-state index is 0.548. The van der Waals surface area contributed by atoms with Crippen molar-refractivity contribution in [3.8, 4) is 22.9 Å². The molecular formula is C32H40N8O2. The molecule has 4 unspecified atom stereocenters. The summed E-state index contributed by atoms with van der Waals surface area (Å²) < 4.78 is 8.03. The highest BCUT2D eigenvalue weighted by Gasteiger charge is 2.45. The smallest absolute Gasteiger partial charge is 0.138 e. The van der Waals surface area contributed by atoms with Crippen LogP contribution < -0.4 is 20.4 Å². The van der Waals surface area contributed by atoms with Crippen LogP contribution in [0, 0.1) is 35.0 Å². The summed E-state index contributed by atoms with van der Waals surface area (Å²) in [6, 6.07) is 9.71. The lowest BCUT2D eigenvalue weighted by molar-refractivity contribution is 0.0155. The molecule has 3 aromatic heterocycles. The van der Waals surface area contributed by atoms with Gasteiger partial charge in [0, 0.05) is 55.6 Å². The largest absolute Gasteiger partial charge is 0.491 e. The molecule has 42 heavy (non-hydrogen) atoms. The monoisotopic (exact) mass is 568 g/mol. The van der Waals surface area contributed by atoms with E-state index in [9.17, 15) is 5.26 Å². The fraction of sp³-hybridized carbons (Fsp3) is 0.594. The summed E-state index contributed by atoms with van der Waals surface area (Å²) in [7, 11) is 0. The zero-order valence-electron chi connectivity index (χ0n) is 24.1. The van der Waals surface area contributed by atoms with Crippen LogP contribution in [0.3, 0.4) is 0 Å². The Bertz CT molecular complexity index is 1440. The fourth-order valence-electron chi connectivity index (χ4n) is 7.77. The van der Waals surface area contributed by atoms with Crippen molar-refractivity contribution in [3.05, 3.63) is 42.4 Å². The second-order valence-electron chi connectivity index (χ2n) is 13.1. The number of nitrogens with zero attached hydrogens (tertiary/aromatic N) is 6. The highest BCUT2D eigenvalue weighted by molar-refractivity contribution is 5.85. The van der Waals surface area contributed by atoms with Crippen LogP contribution in [-0.4, -0.2) is 84.1 Å². The third-order valence-electron chi connectivity index (χ3n) is 10.2. The molecular weight excluding hydrogens is 528 g/mol. The van der Waals surface area contributed by atoms with Crippen LogP contribution in [0.5, 0.6) is 5.75 Å². The highest BCUT2D eigenvalue weighted by Crippen LogP contribution is 2.44. The third kappa shape index (κ3) is 5.13. The Kier molecular flexibility index (Phi) is 6.99. The van der Waals surface area contributed by atoms with E-state index in [1.54, 1.807) is 10.7 Å². The van der Waals surface area contributed by atoms with Crippen LogP contribution in [0.2, 0.25) is 0 Å². The van der Waals surface area contributed by atoms with Gasteiger partial charge in [0.25, 0.3) is 0 Å². The molecule has 4 saturated heterocycles. The molecule has 6 aliphatic rings. The van der Waals surface area contributed by atoms with Crippen LogP contribution in [0.4, 0.5) is 5.82 Å². The number of hydrogen-bond donors (Lipinski definition) is 2. The first-order valence-corrected chi connectivity index (χ1v) is 15.8. The SMILES string of the molecule is N#Cc1cnn2cc(OCCN3CC4CNCC4C3)cc(-c3ccc(N4C5CC(CNOCC6CC6)CC4C5)nc3)c12. The number of pyridine rings is 2. The summed E-state index contributed by atoms with van der Waals surface area (Å²) in [5.41, 5.74) is 6.46. The predicted octanol–water partition coefficient (Wildman–Crippen LogP) is 3.09. The molecule has 2 N–H and O–H groups in total. The maximum Gasteiger partial charge on any atom is 0.138 e. The van der Waals surface area contributed by atoms with Gasteiger partial charge in [0.05, 0.1) is 30.1 Å². The Labute approximate surface area is 246 Å². The number of fused-ring (bicyclic) bond motifs is 4. The van der Waals surface area contributed by atoms with Gasteiger partial charge in [0.2, 0.25) is 0 Å². The first-order valence-electron chi connectivity index (χ1n) is 15.8. The van der Waals surface area contributed by atoms with E-state index >= 15 is 0 Å². The third-order valence-corrected chi connectivity index (χ3v) is 10.2. The second-order valence-corrected chi connectivity index (χ2v) is 13.1. The van der Waals surface area contributed by atoms with Gasteiger partial charge in [-0.2, -0.15) is 10.4 Å². The zero-order valence-corrected chi connectivity index (χ0v) is 24.1. The van der Waals surface area contributed by atoms with Crippen molar-refractivity contribution >= 4 is 11.3 Å². The Balaban J connectivity index is 0.935. The van der Waals surface area contributed by atoms with E-state index in [0.29, 0.717) is 30.2 Å². The molecule has 9 rings (SSSR count). The second kappa shape index (κ2) is 11.1. The van der Waals surface area contributed by atoms with Gasteiger partial charge in [-0.15, -0.1) is 0 Å². The maximum absolute atomic E-state index is 9.78. The molecule has 2 bridgehead atoms. The molecule has 0 spiro atoms. The number of hydrogen-bond acceptors (Lipinski definition) is 9. The van der Waals surface area contributed by atoms with E-state index < -0.39 is 0 Å². The molecule has 10 heteroatoms. The van der Waals surface area contributed by atoms with E-state index in [0.717, 1.165) is 91.8 Å². The number of ether oxygens (including phenoxy) is 1. The molecule has 4 atom stereocenters. The van der Waals surface area contributed by atoms with Crippen LogP contribution in [0.15, 0.2) is 36.8 Å². The van der Waals surface area contributed by atoms with E-state index in [4.69, 9.17) is 14.6 Å². The predicted molar refractivity (Wildman–Crippen MR) is 159 cm³/mol. The first-order chi connectivity index (χ1) is 20.7. The first kappa shape index (κ1) is 26.4. The number of rotatable bonds is 11. The van der Waals surface area contributed by atoms with Crippen molar-refractivity contribution in [1.82, 2.24) is 30.3 Å². The molecule has 4 aliphatic heterocycles. The van der Waals surface area contributed by atoms with Crippen LogP contribution in [0.1, 0.15) is 37.7 Å². The van der Waals surface area contributed by atoms with Crippen molar-refractivity contribution in [3.63, 3.8) is 0 Å². The van der Waals surface area contributed by atoms with E-state index in [2.05, 4.69) is 43.9 Å². The summed E-state index contributed by atoms with van der Waals surface area (Å²) >= 11 is 0. The Morgan fingerprint density at radius 1 is 1.05 bits per heavy atom. The van der Waals surface area contributed by atoms with Crippen molar-refractivity contribution < 1.29 is 9.57 Å². The minimum Gasteiger partial charge on any atom is -0.491 e. The quantitative estimate of drug-likeness (QED) is 0.267. The van der Waals surface area contributed by atoms with Gasteiger partial charge in [0.1, 0.15) is 24.2 Å². The molecule has 6 fully saturated rings. The number of piperidine rings is 1. The number of likely N-dealkylation sites (tertiary alicyclic amines) is 1. The molecule has 3 aromatic rings. The number of nitriles is 1. The van der Waals surface area contributed by atoms with Gasteiger partial charge in [-0.1, -0.05) is 0 Å². The van der Waals surface area contributed by atoms with Crippen molar-refractivity contribution in [2.45, 2.75) is 44.2 Å². The van der Waals surface area contributed by atoms with Crippen molar-refractivity contribution in [2.24, 2.45) is 23.7 Å². The standard InChI is InChI=1S/C32H40N8O2/c33-11-24-16-36-39-19-29(41-6-5-38-17-25-13-34-14-26(25)18-38)10-30(32(24)39)23-3-4-31(35-15-23)40-27-7-22(8-28(40)9-27)12-37-42-20-21-1-2-21/h3-4,10,15-16,19,21-22,25-28,34,37H,1-2,5-9,12-14,17-18,20H2. The molecule has 220 valence electrons. The number of hydroxylamine groups is 1. The number of aromatic nitrogens is 3. The topological polar surface area (TPSA) is 103 Å². The summed E-state index contributed by atoms with van der Waals surface area (Å²) in [5.74, 6) is 4.80. The van der Waals surface area contributed by atoms with Gasteiger partial charge < -0.3 is 19.8 Å². The summed E-state index contributed by atoms with van der Waals surface area (Å²) in [6.07, 6.45) is 11.7. The van der Waals surface area contributed by atoms with E-state index in [1.807, 2.05) is 18.5 Å². The van der Waals surface area contributed by atoms with Gasteiger partial charge in [0.15, 0.2) is 0 Å². The van der Waals surface area contributed by atoms with Crippen LogP contribution >= 0.6 is 0 Å². The lowest BCUT2D eigenvalue weighted by Gasteiger charge is -2.56. The molecule has 10 nitrogen and oxygen atoms in total. The summed E-state index contributed by atoms with van der Waals surface area (Å²) in [5, 5.41) is 17.8. The normalized spacial score (nSPS) is 28.5. The Morgan fingerprint density at radius 3 is 2.62 bits per heavy atom. The maximum atomic E-state index is 9.78. The molecule has 2 aliphatic carbocycles. The highest BCUT2D eigenvalue weighted by atomic mass is 16.6. The lowest BCUT2D eigenvalue weighted by atomic mass is 9.73.